The predicted molar refractivity (Wildman–Crippen MR) is 87.5 cm³/mol. The summed E-state index contributed by atoms with van der Waals surface area (Å²) in [6.45, 7) is 1.69. The van der Waals surface area contributed by atoms with Gasteiger partial charge in [-0.2, -0.15) is 0 Å². The quantitative estimate of drug-likeness (QED) is 0.907. The molecule has 0 unspecified atom stereocenters. The van der Waals surface area contributed by atoms with E-state index in [1.807, 2.05) is 4.90 Å². The van der Waals surface area contributed by atoms with Crippen molar-refractivity contribution in [2.24, 2.45) is 0 Å². The molecule has 1 aliphatic carbocycles. The maximum atomic E-state index is 12.2. The highest BCUT2D eigenvalue weighted by Gasteiger charge is 2.24. The van der Waals surface area contributed by atoms with Crippen LogP contribution in [0.1, 0.15) is 48.9 Å². The second kappa shape index (κ2) is 7.49. The Labute approximate surface area is 137 Å². The summed E-state index contributed by atoms with van der Waals surface area (Å²) in [5.41, 5.74) is 0.580. The molecule has 1 saturated carbocycles. The zero-order valence-electron chi connectivity index (χ0n) is 13.4. The molecule has 1 N–H and O–H groups in total. The van der Waals surface area contributed by atoms with Crippen LogP contribution < -0.4 is 10.1 Å². The molecule has 0 radical (unpaired) electrons. The molecule has 0 bridgehead atoms. The van der Waals surface area contributed by atoms with Crippen LogP contribution in [-0.4, -0.2) is 42.5 Å². The standard InChI is InChI=1S/C18H24N2O3/c21-17(20-10-3-1-2-4-11-20)13-23-16-7-5-6-14(12-16)18(22)19-15-8-9-15/h5-7,12,15H,1-4,8-11,13H2,(H,19,22). The van der Waals surface area contributed by atoms with Gasteiger partial charge in [0.05, 0.1) is 0 Å². The van der Waals surface area contributed by atoms with Crippen LogP contribution in [0.15, 0.2) is 24.3 Å². The molecule has 5 nitrogen and oxygen atoms in total. The van der Waals surface area contributed by atoms with Gasteiger partial charge >= 0.3 is 0 Å². The smallest absolute Gasteiger partial charge is 0.260 e. The Hall–Kier alpha value is -2.04. The minimum absolute atomic E-state index is 0.0275. The number of amides is 2. The Balaban J connectivity index is 1.52. The first-order chi connectivity index (χ1) is 11.2. The monoisotopic (exact) mass is 316 g/mol. The third-order valence-corrected chi connectivity index (χ3v) is 4.33. The minimum Gasteiger partial charge on any atom is -0.484 e. The molecule has 124 valence electrons. The third-order valence-electron chi connectivity index (χ3n) is 4.33. The van der Waals surface area contributed by atoms with E-state index in [0.717, 1.165) is 38.8 Å². The summed E-state index contributed by atoms with van der Waals surface area (Å²) >= 11 is 0. The van der Waals surface area contributed by atoms with Gasteiger partial charge in [-0.1, -0.05) is 18.9 Å². The summed E-state index contributed by atoms with van der Waals surface area (Å²) in [5, 5.41) is 2.95. The van der Waals surface area contributed by atoms with E-state index in [2.05, 4.69) is 5.32 Å². The Kier molecular flexibility index (Phi) is 5.16. The maximum absolute atomic E-state index is 12.2. The number of nitrogens with one attached hydrogen (secondary N) is 1. The largest absolute Gasteiger partial charge is 0.484 e. The number of rotatable bonds is 5. The van der Waals surface area contributed by atoms with Gasteiger partial charge < -0.3 is 15.0 Å². The fourth-order valence-corrected chi connectivity index (χ4v) is 2.78. The number of carbonyl (C=O) groups excluding carboxylic acids is 2. The van der Waals surface area contributed by atoms with Gasteiger partial charge in [0, 0.05) is 24.7 Å². The number of benzene rings is 1. The zero-order chi connectivity index (χ0) is 16.1. The SMILES string of the molecule is O=C(NC1CC1)c1cccc(OCC(=O)N2CCCCCC2)c1. The number of hydrogen-bond acceptors (Lipinski definition) is 3. The molecule has 1 aliphatic heterocycles. The van der Waals surface area contributed by atoms with Crippen LogP contribution in [0, 0.1) is 0 Å². The summed E-state index contributed by atoms with van der Waals surface area (Å²) in [6.07, 6.45) is 6.66. The second-order valence-corrected chi connectivity index (χ2v) is 6.36. The summed E-state index contributed by atoms with van der Waals surface area (Å²) in [7, 11) is 0. The van der Waals surface area contributed by atoms with Crippen molar-refractivity contribution in [3.8, 4) is 5.75 Å². The fourth-order valence-electron chi connectivity index (χ4n) is 2.78. The molecule has 2 aliphatic rings. The number of ether oxygens (including phenoxy) is 1. The van der Waals surface area contributed by atoms with Crippen LogP contribution in [0.25, 0.3) is 0 Å². The molecule has 0 spiro atoms. The maximum Gasteiger partial charge on any atom is 0.260 e. The lowest BCUT2D eigenvalue weighted by Gasteiger charge is -2.20. The van der Waals surface area contributed by atoms with Gasteiger partial charge in [-0.25, -0.2) is 0 Å². The molecule has 2 fully saturated rings. The van der Waals surface area contributed by atoms with Gasteiger partial charge in [-0.3, -0.25) is 9.59 Å². The number of nitrogens with zero attached hydrogens (tertiary/aromatic N) is 1. The Morgan fingerprint density at radius 2 is 1.87 bits per heavy atom. The lowest BCUT2D eigenvalue weighted by Crippen LogP contribution is -2.35. The van der Waals surface area contributed by atoms with Gasteiger partial charge in [-0.15, -0.1) is 0 Å². The van der Waals surface area contributed by atoms with Crippen molar-refractivity contribution >= 4 is 11.8 Å². The van der Waals surface area contributed by atoms with Crippen molar-refractivity contribution in [2.45, 2.75) is 44.6 Å². The molecule has 1 saturated heterocycles. The average molecular weight is 316 g/mol. The molecule has 0 aromatic heterocycles. The van der Waals surface area contributed by atoms with Crippen molar-refractivity contribution in [3.05, 3.63) is 29.8 Å². The summed E-state index contributed by atoms with van der Waals surface area (Å²) in [6, 6.07) is 7.36. The highest BCUT2D eigenvalue weighted by Crippen LogP contribution is 2.20. The van der Waals surface area contributed by atoms with E-state index in [9.17, 15) is 9.59 Å². The molecular formula is C18H24N2O3. The molecular weight excluding hydrogens is 292 g/mol. The highest BCUT2D eigenvalue weighted by atomic mass is 16.5. The first kappa shape index (κ1) is 15.8. The molecule has 1 aromatic rings. The van der Waals surface area contributed by atoms with Crippen LogP contribution >= 0.6 is 0 Å². The van der Waals surface area contributed by atoms with Gasteiger partial charge in [0.1, 0.15) is 5.75 Å². The molecule has 23 heavy (non-hydrogen) atoms. The third kappa shape index (κ3) is 4.71. The van der Waals surface area contributed by atoms with Crippen molar-refractivity contribution in [2.75, 3.05) is 19.7 Å². The number of likely N-dealkylation sites (tertiary alicyclic amines) is 1. The van der Waals surface area contributed by atoms with Crippen LogP contribution in [-0.2, 0) is 4.79 Å². The van der Waals surface area contributed by atoms with E-state index in [1.165, 1.54) is 12.8 Å². The summed E-state index contributed by atoms with van der Waals surface area (Å²) in [4.78, 5) is 26.1. The van der Waals surface area contributed by atoms with Crippen LogP contribution in [0.2, 0.25) is 0 Å². The Bertz CT molecular complexity index is 561. The normalized spacial score (nSPS) is 18.2. The molecule has 2 amide bonds. The highest BCUT2D eigenvalue weighted by molar-refractivity contribution is 5.95. The first-order valence-electron chi connectivity index (χ1n) is 8.54. The van der Waals surface area contributed by atoms with E-state index in [4.69, 9.17) is 4.74 Å². The summed E-state index contributed by atoms with van der Waals surface area (Å²) in [5.74, 6) is 0.521. The van der Waals surface area contributed by atoms with Crippen LogP contribution in [0.5, 0.6) is 5.75 Å². The molecule has 0 atom stereocenters. The predicted octanol–water partition coefficient (Wildman–Crippen LogP) is 2.36. The topological polar surface area (TPSA) is 58.6 Å². The molecule has 1 aromatic carbocycles. The van der Waals surface area contributed by atoms with E-state index >= 15 is 0 Å². The molecule has 3 rings (SSSR count). The van der Waals surface area contributed by atoms with Crippen molar-refractivity contribution < 1.29 is 14.3 Å². The zero-order valence-corrected chi connectivity index (χ0v) is 13.4. The second-order valence-electron chi connectivity index (χ2n) is 6.36. The first-order valence-corrected chi connectivity index (χ1v) is 8.54. The van der Waals surface area contributed by atoms with Crippen LogP contribution in [0.4, 0.5) is 0 Å². The van der Waals surface area contributed by atoms with Crippen molar-refractivity contribution in [3.63, 3.8) is 0 Å². The lowest BCUT2D eigenvalue weighted by atomic mass is 10.2. The van der Waals surface area contributed by atoms with Gasteiger partial charge in [0.25, 0.3) is 11.8 Å². The Morgan fingerprint density at radius 1 is 1.13 bits per heavy atom. The number of hydrogen-bond donors (Lipinski definition) is 1. The Morgan fingerprint density at radius 3 is 2.57 bits per heavy atom. The number of carbonyl (C=O) groups is 2. The fraction of sp³-hybridized carbons (Fsp3) is 0.556. The van der Waals surface area contributed by atoms with Crippen molar-refractivity contribution in [1.29, 1.82) is 0 Å². The van der Waals surface area contributed by atoms with Gasteiger partial charge in [0.2, 0.25) is 0 Å². The van der Waals surface area contributed by atoms with E-state index in [0.29, 0.717) is 17.4 Å². The molecule has 1 heterocycles. The van der Waals surface area contributed by atoms with Gasteiger partial charge in [-0.05, 0) is 43.9 Å². The average Bonchev–Trinajstić information content (AvgIpc) is 3.39. The van der Waals surface area contributed by atoms with E-state index in [1.54, 1.807) is 24.3 Å². The minimum atomic E-state index is -0.0724. The lowest BCUT2D eigenvalue weighted by molar-refractivity contribution is -0.133. The summed E-state index contributed by atoms with van der Waals surface area (Å²) < 4.78 is 5.60. The van der Waals surface area contributed by atoms with Gasteiger partial charge in [0.15, 0.2) is 6.61 Å². The van der Waals surface area contributed by atoms with Crippen LogP contribution in [0.3, 0.4) is 0 Å². The molecule has 5 heteroatoms. The van der Waals surface area contributed by atoms with Crippen molar-refractivity contribution in [1.82, 2.24) is 10.2 Å². The van der Waals surface area contributed by atoms with E-state index < -0.39 is 0 Å². The van der Waals surface area contributed by atoms with E-state index in [-0.39, 0.29) is 18.4 Å².